The van der Waals surface area contributed by atoms with Crippen molar-refractivity contribution in [1.82, 2.24) is 15.0 Å². The smallest absolute Gasteiger partial charge is 0.274 e. The second-order valence-corrected chi connectivity index (χ2v) is 5.60. The first kappa shape index (κ1) is 16.3. The number of amides is 1. The summed E-state index contributed by atoms with van der Waals surface area (Å²) in [5.41, 5.74) is 4.49. The van der Waals surface area contributed by atoms with Crippen LogP contribution < -0.4 is 5.32 Å². The molecule has 0 aliphatic rings. The van der Waals surface area contributed by atoms with Gasteiger partial charge in [-0.25, -0.2) is 4.98 Å². The molecule has 3 rings (SSSR count). The van der Waals surface area contributed by atoms with E-state index in [-0.39, 0.29) is 5.91 Å². The van der Waals surface area contributed by atoms with E-state index in [1.165, 1.54) is 6.20 Å². The third kappa shape index (κ3) is 3.85. The normalized spacial score (nSPS) is 10.1. The highest BCUT2D eigenvalue weighted by Gasteiger charge is 2.12. The van der Waals surface area contributed by atoms with Gasteiger partial charge >= 0.3 is 0 Å². The van der Waals surface area contributed by atoms with Gasteiger partial charge in [-0.3, -0.25) is 14.8 Å². The van der Waals surface area contributed by atoms with Crippen molar-refractivity contribution in [2.24, 2.45) is 0 Å². The van der Waals surface area contributed by atoms with Crippen LogP contribution in [-0.4, -0.2) is 20.9 Å². The number of pyridine rings is 3. The summed E-state index contributed by atoms with van der Waals surface area (Å²) >= 11 is 0. The maximum atomic E-state index is 12.5. The third-order valence-electron chi connectivity index (χ3n) is 3.54. The van der Waals surface area contributed by atoms with Crippen molar-refractivity contribution in [3.8, 4) is 17.2 Å². The number of aromatic nitrogens is 3. The topological polar surface area (TPSA) is 91.6 Å². The highest BCUT2D eigenvalue weighted by Crippen LogP contribution is 2.21. The molecule has 0 bridgehead atoms. The van der Waals surface area contributed by atoms with E-state index < -0.39 is 0 Å². The van der Waals surface area contributed by atoms with Gasteiger partial charge < -0.3 is 5.32 Å². The molecule has 3 aromatic rings. The Kier molecular flexibility index (Phi) is 4.48. The summed E-state index contributed by atoms with van der Waals surface area (Å²) in [6.45, 7) is 3.67. The Morgan fingerprint density at radius 1 is 1.08 bits per heavy atom. The van der Waals surface area contributed by atoms with Crippen LogP contribution in [0.15, 0.2) is 48.9 Å². The predicted molar refractivity (Wildman–Crippen MR) is 93.8 cm³/mol. The minimum Gasteiger partial charge on any atom is -0.321 e. The number of aryl methyl sites for hydroxylation is 2. The van der Waals surface area contributed by atoms with E-state index in [1.54, 1.807) is 36.7 Å². The number of nitrogens with one attached hydrogen (secondary N) is 1. The summed E-state index contributed by atoms with van der Waals surface area (Å²) in [5, 5.41) is 11.8. The fourth-order valence-electron chi connectivity index (χ4n) is 2.43. The summed E-state index contributed by atoms with van der Waals surface area (Å²) in [7, 11) is 0. The van der Waals surface area contributed by atoms with Crippen LogP contribution in [0.4, 0.5) is 5.69 Å². The number of nitrogens with zero attached hydrogens (tertiary/aromatic N) is 4. The number of carbonyl (C=O) groups excluding carboxylic acids is 1. The molecule has 0 fully saturated rings. The molecule has 3 heterocycles. The van der Waals surface area contributed by atoms with E-state index in [9.17, 15) is 4.79 Å². The fraction of sp³-hybridized carbons (Fsp3) is 0.105. The second kappa shape index (κ2) is 6.89. The first-order valence-corrected chi connectivity index (χ1v) is 7.63. The van der Waals surface area contributed by atoms with E-state index in [2.05, 4.69) is 26.3 Å². The Balaban J connectivity index is 1.93. The van der Waals surface area contributed by atoms with Crippen molar-refractivity contribution >= 4 is 11.6 Å². The average molecular weight is 329 g/mol. The molecule has 0 saturated heterocycles. The van der Waals surface area contributed by atoms with Crippen LogP contribution in [0.3, 0.4) is 0 Å². The molecule has 122 valence electrons. The van der Waals surface area contributed by atoms with Crippen molar-refractivity contribution in [3.05, 3.63) is 71.6 Å². The van der Waals surface area contributed by atoms with Crippen molar-refractivity contribution in [3.63, 3.8) is 0 Å². The van der Waals surface area contributed by atoms with E-state index >= 15 is 0 Å². The summed E-state index contributed by atoms with van der Waals surface area (Å²) < 4.78 is 0. The Labute approximate surface area is 145 Å². The van der Waals surface area contributed by atoms with E-state index in [1.807, 2.05) is 19.9 Å². The monoisotopic (exact) mass is 329 g/mol. The number of carbonyl (C=O) groups is 1. The first-order valence-electron chi connectivity index (χ1n) is 7.63. The minimum atomic E-state index is -0.306. The molecule has 0 aromatic carbocycles. The molecule has 0 radical (unpaired) electrons. The summed E-state index contributed by atoms with van der Waals surface area (Å²) in [6, 6.07) is 10.8. The van der Waals surface area contributed by atoms with Crippen LogP contribution in [0.25, 0.3) is 11.1 Å². The number of hydrogen-bond donors (Lipinski definition) is 1. The van der Waals surface area contributed by atoms with Gasteiger partial charge in [0.25, 0.3) is 5.91 Å². The number of hydrogen-bond acceptors (Lipinski definition) is 5. The first-order chi connectivity index (χ1) is 12.0. The zero-order valence-corrected chi connectivity index (χ0v) is 13.8. The van der Waals surface area contributed by atoms with Crippen molar-refractivity contribution in [2.45, 2.75) is 13.8 Å². The molecule has 0 aliphatic carbocycles. The highest BCUT2D eigenvalue weighted by molar-refractivity contribution is 6.03. The van der Waals surface area contributed by atoms with E-state index in [0.29, 0.717) is 22.6 Å². The number of nitriles is 1. The molecular weight excluding hydrogens is 314 g/mol. The lowest BCUT2D eigenvalue weighted by Gasteiger charge is -2.08. The van der Waals surface area contributed by atoms with Crippen molar-refractivity contribution in [1.29, 1.82) is 5.26 Å². The van der Waals surface area contributed by atoms with Crippen LogP contribution in [0.2, 0.25) is 0 Å². The third-order valence-corrected chi connectivity index (χ3v) is 3.54. The lowest BCUT2D eigenvalue weighted by Crippen LogP contribution is -2.14. The SMILES string of the molecule is Cc1cc(NC(=O)c2cc(-c3cncc(C#N)c3)cc(C)n2)ccn1. The van der Waals surface area contributed by atoms with Crippen LogP contribution in [0.1, 0.15) is 27.4 Å². The maximum Gasteiger partial charge on any atom is 0.274 e. The summed E-state index contributed by atoms with van der Waals surface area (Å²) in [6.07, 6.45) is 4.79. The minimum absolute atomic E-state index is 0.298. The van der Waals surface area contributed by atoms with Gasteiger partial charge in [-0.15, -0.1) is 0 Å². The largest absolute Gasteiger partial charge is 0.321 e. The zero-order chi connectivity index (χ0) is 17.8. The van der Waals surface area contributed by atoms with Gasteiger partial charge in [-0.1, -0.05) is 0 Å². The van der Waals surface area contributed by atoms with Gasteiger partial charge in [-0.05, 0) is 49.7 Å². The molecule has 0 aliphatic heterocycles. The molecule has 6 heteroatoms. The molecule has 0 spiro atoms. The highest BCUT2D eigenvalue weighted by atomic mass is 16.1. The Morgan fingerprint density at radius 2 is 1.92 bits per heavy atom. The van der Waals surface area contributed by atoms with E-state index in [4.69, 9.17) is 5.26 Å². The van der Waals surface area contributed by atoms with Crippen LogP contribution in [0, 0.1) is 25.2 Å². The lowest BCUT2D eigenvalue weighted by atomic mass is 10.1. The predicted octanol–water partition coefficient (Wildman–Crippen LogP) is 3.28. The molecule has 0 unspecified atom stereocenters. The standard InChI is InChI=1S/C19H15N5O/c1-12-6-17(3-4-22-12)24-19(25)18-8-15(5-13(2)23-18)16-7-14(9-20)10-21-11-16/h3-8,10-11H,1-2H3,(H,22,24,25). The summed E-state index contributed by atoms with van der Waals surface area (Å²) in [5.74, 6) is -0.306. The van der Waals surface area contributed by atoms with Gasteiger partial charge in [0.2, 0.25) is 0 Å². The zero-order valence-electron chi connectivity index (χ0n) is 13.8. The second-order valence-electron chi connectivity index (χ2n) is 5.60. The Morgan fingerprint density at radius 3 is 2.68 bits per heavy atom. The summed E-state index contributed by atoms with van der Waals surface area (Å²) in [4.78, 5) is 25.0. The van der Waals surface area contributed by atoms with Gasteiger partial charge in [0.1, 0.15) is 11.8 Å². The quantitative estimate of drug-likeness (QED) is 0.796. The van der Waals surface area contributed by atoms with Crippen molar-refractivity contribution in [2.75, 3.05) is 5.32 Å². The van der Waals surface area contributed by atoms with E-state index in [0.717, 1.165) is 16.8 Å². The molecule has 3 aromatic heterocycles. The number of rotatable bonds is 3. The van der Waals surface area contributed by atoms with Crippen LogP contribution in [0.5, 0.6) is 0 Å². The Hall–Kier alpha value is -3.59. The molecular formula is C19H15N5O. The van der Waals surface area contributed by atoms with Crippen molar-refractivity contribution < 1.29 is 4.79 Å². The molecule has 6 nitrogen and oxygen atoms in total. The average Bonchev–Trinajstić information content (AvgIpc) is 2.61. The molecule has 0 saturated carbocycles. The lowest BCUT2D eigenvalue weighted by molar-refractivity contribution is 0.102. The van der Waals surface area contributed by atoms with Gasteiger partial charge in [0.15, 0.2) is 0 Å². The van der Waals surface area contributed by atoms with Crippen LogP contribution >= 0.6 is 0 Å². The molecule has 0 atom stereocenters. The Bertz CT molecular complexity index is 991. The molecule has 1 amide bonds. The van der Waals surface area contributed by atoms with Gasteiger partial charge in [0.05, 0.1) is 5.56 Å². The number of anilines is 1. The molecule has 25 heavy (non-hydrogen) atoms. The van der Waals surface area contributed by atoms with Gasteiger partial charge in [0, 0.05) is 41.2 Å². The molecule has 1 N–H and O–H groups in total. The van der Waals surface area contributed by atoms with Gasteiger partial charge in [-0.2, -0.15) is 5.26 Å². The maximum absolute atomic E-state index is 12.5. The fourth-order valence-corrected chi connectivity index (χ4v) is 2.43. The van der Waals surface area contributed by atoms with Crippen LogP contribution in [-0.2, 0) is 0 Å².